The highest BCUT2D eigenvalue weighted by molar-refractivity contribution is 5.47. The van der Waals surface area contributed by atoms with Gasteiger partial charge in [-0.3, -0.25) is 0 Å². The van der Waals surface area contributed by atoms with Crippen molar-refractivity contribution in [2.24, 2.45) is 11.7 Å². The van der Waals surface area contributed by atoms with E-state index in [0.29, 0.717) is 12.6 Å². The van der Waals surface area contributed by atoms with Gasteiger partial charge in [0.2, 0.25) is 0 Å². The van der Waals surface area contributed by atoms with Crippen LogP contribution >= 0.6 is 0 Å². The Morgan fingerprint density at radius 2 is 2.25 bits per heavy atom. The molecule has 3 rings (SSSR count). The van der Waals surface area contributed by atoms with Crippen LogP contribution in [0.15, 0.2) is 24.5 Å². The molecule has 4 heteroatoms. The molecule has 3 heterocycles. The second kappa shape index (κ2) is 5.54. The zero-order valence-electron chi connectivity index (χ0n) is 12.4. The molecule has 2 N–H and O–H groups in total. The van der Waals surface area contributed by atoms with Crippen molar-refractivity contribution in [3.8, 4) is 0 Å². The third-order valence-electron chi connectivity index (χ3n) is 4.42. The minimum atomic E-state index is 0.581. The first-order chi connectivity index (χ1) is 9.67. The van der Waals surface area contributed by atoms with E-state index < -0.39 is 0 Å². The molecule has 4 nitrogen and oxygen atoms in total. The Balaban J connectivity index is 1.78. The SMILES string of the molecule is CC(C)N1CCC(Cc2ncc3ccc(CN)cn23)C1. The first-order valence-electron chi connectivity index (χ1n) is 7.56. The van der Waals surface area contributed by atoms with Gasteiger partial charge in [0, 0.05) is 31.7 Å². The van der Waals surface area contributed by atoms with E-state index in [1.165, 1.54) is 25.3 Å². The van der Waals surface area contributed by atoms with E-state index in [9.17, 15) is 0 Å². The van der Waals surface area contributed by atoms with Crippen molar-refractivity contribution in [2.75, 3.05) is 13.1 Å². The third kappa shape index (κ3) is 2.58. The molecular formula is C16H24N4. The topological polar surface area (TPSA) is 46.6 Å². The van der Waals surface area contributed by atoms with E-state index in [0.717, 1.165) is 23.4 Å². The Labute approximate surface area is 120 Å². The Morgan fingerprint density at radius 1 is 1.40 bits per heavy atom. The monoisotopic (exact) mass is 272 g/mol. The average Bonchev–Trinajstić information content (AvgIpc) is 3.06. The van der Waals surface area contributed by atoms with Gasteiger partial charge in [0.05, 0.1) is 11.7 Å². The molecule has 1 atom stereocenters. The zero-order chi connectivity index (χ0) is 14.1. The number of nitrogens with two attached hydrogens (primary N) is 1. The summed E-state index contributed by atoms with van der Waals surface area (Å²) in [6.07, 6.45) is 6.44. The van der Waals surface area contributed by atoms with Gasteiger partial charge >= 0.3 is 0 Å². The molecule has 0 aliphatic carbocycles. The van der Waals surface area contributed by atoms with Crippen LogP contribution in [0, 0.1) is 5.92 Å². The van der Waals surface area contributed by atoms with Gasteiger partial charge in [0.1, 0.15) is 5.82 Å². The third-order valence-corrected chi connectivity index (χ3v) is 4.42. The number of aromatic nitrogens is 2. The summed E-state index contributed by atoms with van der Waals surface area (Å²) in [5.41, 5.74) is 8.06. The van der Waals surface area contributed by atoms with Crippen LogP contribution in [0.4, 0.5) is 0 Å². The number of fused-ring (bicyclic) bond motifs is 1. The highest BCUT2D eigenvalue weighted by atomic mass is 15.2. The van der Waals surface area contributed by atoms with Crippen LogP contribution in [0.5, 0.6) is 0 Å². The lowest BCUT2D eigenvalue weighted by molar-refractivity contribution is 0.264. The lowest BCUT2D eigenvalue weighted by Gasteiger charge is -2.20. The predicted octanol–water partition coefficient (Wildman–Crippen LogP) is 2.07. The summed E-state index contributed by atoms with van der Waals surface area (Å²) in [5, 5.41) is 0. The second-order valence-corrected chi connectivity index (χ2v) is 6.16. The van der Waals surface area contributed by atoms with Gasteiger partial charge in [-0.25, -0.2) is 4.98 Å². The number of hydrogen-bond donors (Lipinski definition) is 1. The molecule has 0 radical (unpaired) electrons. The molecule has 2 aromatic heterocycles. The maximum absolute atomic E-state index is 5.73. The standard InChI is InChI=1S/C16H24N4/c1-12(2)19-6-5-13(10-19)7-16-18-9-15-4-3-14(8-17)11-20(15)16/h3-4,9,11-13H,5-8,10,17H2,1-2H3. The molecule has 1 aliphatic rings. The van der Waals surface area contributed by atoms with Crippen LogP contribution in [0.3, 0.4) is 0 Å². The number of hydrogen-bond acceptors (Lipinski definition) is 3. The normalized spacial score (nSPS) is 20.3. The first-order valence-corrected chi connectivity index (χ1v) is 7.56. The summed E-state index contributed by atoms with van der Waals surface area (Å²) < 4.78 is 2.21. The Kier molecular flexibility index (Phi) is 3.76. The fraction of sp³-hybridized carbons (Fsp3) is 0.562. The van der Waals surface area contributed by atoms with E-state index in [-0.39, 0.29) is 0 Å². The average molecular weight is 272 g/mol. The smallest absolute Gasteiger partial charge is 0.113 e. The molecule has 1 unspecified atom stereocenters. The second-order valence-electron chi connectivity index (χ2n) is 6.16. The number of likely N-dealkylation sites (tertiary alicyclic amines) is 1. The van der Waals surface area contributed by atoms with Crippen LogP contribution in [0.1, 0.15) is 31.7 Å². The summed E-state index contributed by atoms with van der Waals surface area (Å²) in [5.74, 6) is 1.90. The first kappa shape index (κ1) is 13.6. The molecule has 0 bridgehead atoms. The van der Waals surface area contributed by atoms with Gasteiger partial charge in [-0.1, -0.05) is 6.07 Å². The fourth-order valence-electron chi connectivity index (χ4n) is 3.12. The lowest BCUT2D eigenvalue weighted by Crippen LogP contribution is -2.28. The summed E-state index contributed by atoms with van der Waals surface area (Å²) >= 11 is 0. The van der Waals surface area contributed by atoms with E-state index >= 15 is 0 Å². The summed E-state index contributed by atoms with van der Waals surface area (Å²) in [7, 11) is 0. The molecule has 1 aliphatic heterocycles. The Bertz CT molecular complexity index is 587. The van der Waals surface area contributed by atoms with Gasteiger partial charge in [-0.15, -0.1) is 0 Å². The van der Waals surface area contributed by atoms with Crippen molar-refractivity contribution < 1.29 is 0 Å². The maximum Gasteiger partial charge on any atom is 0.113 e. The Morgan fingerprint density at radius 3 is 2.95 bits per heavy atom. The molecule has 108 valence electrons. The molecule has 20 heavy (non-hydrogen) atoms. The molecule has 0 saturated carbocycles. The number of rotatable bonds is 4. The van der Waals surface area contributed by atoms with E-state index in [2.05, 4.69) is 46.5 Å². The van der Waals surface area contributed by atoms with Gasteiger partial charge in [-0.2, -0.15) is 0 Å². The van der Waals surface area contributed by atoms with E-state index in [4.69, 9.17) is 5.73 Å². The largest absolute Gasteiger partial charge is 0.326 e. The van der Waals surface area contributed by atoms with Gasteiger partial charge in [0.15, 0.2) is 0 Å². The van der Waals surface area contributed by atoms with E-state index in [1.807, 2.05) is 6.20 Å². The number of pyridine rings is 1. The molecular weight excluding hydrogens is 248 g/mol. The maximum atomic E-state index is 5.73. The molecule has 0 aromatic carbocycles. The van der Waals surface area contributed by atoms with E-state index in [1.54, 1.807) is 0 Å². The van der Waals surface area contributed by atoms with Crippen LogP contribution in [0.2, 0.25) is 0 Å². The molecule has 0 amide bonds. The molecule has 1 fully saturated rings. The zero-order valence-corrected chi connectivity index (χ0v) is 12.4. The number of nitrogens with zero attached hydrogens (tertiary/aromatic N) is 3. The van der Waals surface area contributed by atoms with Crippen LogP contribution < -0.4 is 5.73 Å². The van der Waals surface area contributed by atoms with Crippen molar-refractivity contribution in [3.63, 3.8) is 0 Å². The Hall–Kier alpha value is -1.39. The quantitative estimate of drug-likeness (QED) is 0.927. The van der Waals surface area contributed by atoms with Crippen molar-refractivity contribution >= 4 is 5.52 Å². The minimum absolute atomic E-state index is 0.581. The van der Waals surface area contributed by atoms with Crippen LogP contribution in [0.25, 0.3) is 5.52 Å². The van der Waals surface area contributed by atoms with Crippen LogP contribution in [-0.2, 0) is 13.0 Å². The van der Waals surface area contributed by atoms with Crippen LogP contribution in [-0.4, -0.2) is 33.4 Å². The van der Waals surface area contributed by atoms with Crippen molar-refractivity contribution in [3.05, 3.63) is 35.9 Å². The highest BCUT2D eigenvalue weighted by Gasteiger charge is 2.25. The van der Waals surface area contributed by atoms with Crippen molar-refractivity contribution in [1.82, 2.24) is 14.3 Å². The number of imidazole rings is 1. The molecule has 0 spiro atoms. The summed E-state index contributed by atoms with van der Waals surface area (Å²) in [4.78, 5) is 7.17. The fourth-order valence-corrected chi connectivity index (χ4v) is 3.12. The highest BCUT2D eigenvalue weighted by Crippen LogP contribution is 2.22. The van der Waals surface area contributed by atoms with Gasteiger partial charge in [0.25, 0.3) is 0 Å². The lowest BCUT2D eigenvalue weighted by atomic mass is 10.0. The summed E-state index contributed by atoms with van der Waals surface area (Å²) in [6, 6.07) is 4.84. The predicted molar refractivity (Wildman–Crippen MR) is 81.6 cm³/mol. The molecule has 2 aromatic rings. The van der Waals surface area contributed by atoms with Gasteiger partial charge in [-0.05, 0) is 44.4 Å². The van der Waals surface area contributed by atoms with Crippen molar-refractivity contribution in [2.45, 2.75) is 39.3 Å². The van der Waals surface area contributed by atoms with Gasteiger partial charge < -0.3 is 15.0 Å². The molecule has 1 saturated heterocycles. The van der Waals surface area contributed by atoms with Crippen molar-refractivity contribution in [1.29, 1.82) is 0 Å². The summed E-state index contributed by atoms with van der Waals surface area (Å²) in [6.45, 7) is 7.56. The minimum Gasteiger partial charge on any atom is -0.326 e.